The molecular weight excluding hydrogens is 218 g/mol. The van der Waals surface area contributed by atoms with Crippen LogP contribution in [-0.2, 0) is 10.0 Å². The molecule has 0 atom stereocenters. The maximum Gasteiger partial charge on any atom is 0.217 e. The van der Waals surface area contributed by atoms with Gasteiger partial charge in [0.15, 0.2) is 5.82 Å². The number of aromatic nitrogens is 4. The van der Waals surface area contributed by atoms with Gasteiger partial charge in [-0.05, 0) is 12.8 Å². The van der Waals surface area contributed by atoms with E-state index < -0.39 is 10.0 Å². The SMILES string of the molecule is O=S(=O)(C1CC1)N1CC(c2nn[nH]n2)C1. The Bertz CT molecular complexity index is 446. The molecule has 0 radical (unpaired) electrons. The quantitative estimate of drug-likeness (QED) is 0.724. The molecule has 0 bridgehead atoms. The zero-order chi connectivity index (χ0) is 10.5. The van der Waals surface area contributed by atoms with E-state index in [0.717, 1.165) is 12.8 Å². The smallest absolute Gasteiger partial charge is 0.212 e. The summed E-state index contributed by atoms with van der Waals surface area (Å²) in [4.78, 5) is 0. The fraction of sp³-hybridized carbons (Fsp3) is 0.857. The van der Waals surface area contributed by atoms with Crippen molar-refractivity contribution in [2.75, 3.05) is 13.1 Å². The fourth-order valence-electron chi connectivity index (χ4n) is 1.73. The molecular formula is C7H11N5O2S. The van der Waals surface area contributed by atoms with Crippen LogP contribution in [0.1, 0.15) is 24.6 Å². The van der Waals surface area contributed by atoms with Crippen LogP contribution in [0.15, 0.2) is 0 Å². The highest BCUT2D eigenvalue weighted by Crippen LogP contribution is 2.36. The second-order valence-electron chi connectivity index (χ2n) is 4.03. The predicted octanol–water partition coefficient (Wildman–Crippen LogP) is -0.909. The molecule has 0 aromatic carbocycles. The highest BCUT2D eigenvalue weighted by molar-refractivity contribution is 7.90. The molecule has 1 aliphatic heterocycles. The summed E-state index contributed by atoms with van der Waals surface area (Å²) < 4.78 is 25.0. The van der Waals surface area contributed by atoms with Gasteiger partial charge >= 0.3 is 0 Å². The van der Waals surface area contributed by atoms with Crippen molar-refractivity contribution in [2.24, 2.45) is 0 Å². The first-order chi connectivity index (χ1) is 7.18. The monoisotopic (exact) mass is 229 g/mol. The summed E-state index contributed by atoms with van der Waals surface area (Å²) in [6.07, 6.45) is 1.62. The van der Waals surface area contributed by atoms with Gasteiger partial charge in [-0.25, -0.2) is 12.7 Å². The highest BCUT2D eigenvalue weighted by Gasteiger charge is 2.46. The third kappa shape index (κ3) is 1.44. The molecule has 0 spiro atoms. The van der Waals surface area contributed by atoms with Crippen LogP contribution in [0.2, 0.25) is 0 Å². The minimum Gasteiger partial charge on any atom is -0.212 e. The van der Waals surface area contributed by atoms with Gasteiger partial charge in [0.05, 0.1) is 11.2 Å². The molecule has 2 fully saturated rings. The van der Waals surface area contributed by atoms with Gasteiger partial charge in [0, 0.05) is 13.1 Å². The van der Waals surface area contributed by atoms with Crippen LogP contribution in [0.25, 0.3) is 0 Å². The lowest BCUT2D eigenvalue weighted by Crippen LogP contribution is -2.49. The van der Waals surface area contributed by atoms with E-state index >= 15 is 0 Å². The summed E-state index contributed by atoms with van der Waals surface area (Å²) in [5.74, 6) is 0.717. The Morgan fingerprint density at radius 1 is 1.33 bits per heavy atom. The second-order valence-corrected chi connectivity index (χ2v) is 6.24. The molecule has 15 heavy (non-hydrogen) atoms. The molecule has 1 aromatic rings. The first-order valence-electron chi connectivity index (χ1n) is 4.90. The Balaban J connectivity index is 1.67. The summed E-state index contributed by atoms with van der Waals surface area (Å²) in [6.45, 7) is 0.997. The average molecular weight is 229 g/mol. The van der Waals surface area contributed by atoms with Crippen LogP contribution in [0.4, 0.5) is 0 Å². The number of nitrogens with one attached hydrogen (secondary N) is 1. The Morgan fingerprint density at radius 3 is 2.60 bits per heavy atom. The number of sulfonamides is 1. The van der Waals surface area contributed by atoms with Crippen LogP contribution >= 0.6 is 0 Å². The number of hydrogen-bond donors (Lipinski definition) is 1. The van der Waals surface area contributed by atoms with Crippen molar-refractivity contribution in [2.45, 2.75) is 24.0 Å². The summed E-state index contributed by atoms with van der Waals surface area (Å²) in [5.41, 5.74) is 0. The van der Waals surface area contributed by atoms with E-state index in [-0.39, 0.29) is 11.2 Å². The Kier molecular flexibility index (Phi) is 1.84. The molecule has 1 aliphatic carbocycles. The summed E-state index contributed by atoms with van der Waals surface area (Å²) >= 11 is 0. The summed E-state index contributed by atoms with van der Waals surface area (Å²) in [7, 11) is -3.01. The van der Waals surface area contributed by atoms with E-state index in [1.165, 1.54) is 4.31 Å². The van der Waals surface area contributed by atoms with Crippen LogP contribution in [0, 0.1) is 0 Å². The van der Waals surface area contributed by atoms with Gasteiger partial charge in [0.25, 0.3) is 0 Å². The van der Waals surface area contributed by atoms with Crippen molar-refractivity contribution in [1.82, 2.24) is 24.9 Å². The van der Waals surface area contributed by atoms with Crippen LogP contribution < -0.4 is 0 Å². The molecule has 8 heteroatoms. The van der Waals surface area contributed by atoms with E-state index in [4.69, 9.17) is 0 Å². The van der Waals surface area contributed by atoms with Gasteiger partial charge in [-0.2, -0.15) is 5.21 Å². The lowest BCUT2D eigenvalue weighted by atomic mass is 10.0. The number of H-pyrrole nitrogens is 1. The van der Waals surface area contributed by atoms with Gasteiger partial charge in [0.2, 0.25) is 10.0 Å². The van der Waals surface area contributed by atoms with Crippen molar-refractivity contribution in [3.63, 3.8) is 0 Å². The van der Waals surface area contributed by atoms with E-state index in [9.17, 15) is 8.42 Å². The number of rotatable bonds is 3. The lowest BCUT2D eigenvalue weighted by molar-refractivity contribution is 0.255. The largest absolute Gasteiger partial charge is 0.217 e. The first-order valence-corrected chi connectivity index (χ1v) is 6.40. The average Bonchev–Trinajstić information content (AvgIpc) is 2.84. The molecule has 0 amide bonds. The van der Waals surface area contributed by atoms with Gasteiger partial charge < -0.3 is 0 Å². The molecule has 1 saturated heterocycles. The molecule has 1 N–H and O–H groups in total. The third-order valence-corrected chi connectivity index (χ3v) is 5.21. The van der Waals surface area contributed by atoms with Gasteiger partial charge in [0.1, 0.15) is 0 Å². The Morgan fingerprint density at radius 2 is 2.07 bits per heavy atom. The number of hydrogen-bond acceptors (Lipinski definition) is 5. The first kappa shape index (κ1) is 9.22. The second kappa shape index (κ2) is 2.99. The van der Waals surface area contributed by atoms with E-state index in [0.29, 0.717) is 18.9 Å². The number of nitrogens with zero attached hydrogens (tertiary/aromatic N) is 4. The third-order valence-electron chi connectivity index (χ3n) is 2.88. The highest BCUT2D eigenvalue weighted by atomic mass is 32.2. The molecule has 1 saturated carbocycles. The van der Waals surface area contributed by atoms with Crippen molar-refractivity contribution in [3.8, 4) is 0 Å². The molecule has 2 aliphatic rings. The molecule has 7 nitrogen and oxygen atoms in total. The number of tetrazole rings is 1. The van der Waals surface area contributed by atoms with Gasteiger partial charge in [-0.1, -0.05) is 5.21 Å². The molecule has 0 unspecified atom stereocenters. The topological polar surface area (TPSA) is 91.8 Å². The minimum atomic E-state index is -3.01. The maximum atomic E-state index is 11.8. The van der Waals surface area contributed by atoms with E-state index in [1.807, 2.05) is 0 Å². The molecule has 82 valence electrons. The summed E-state index contributed by atoms with van der Waals surface area (Å²) in [6, 6.07) is 0. The Hall–Kier alpha value is -1.02. The standard InChI is InChI=1S/C7H11N5O2S/c13-15(14,6-1-2-6)12-3-5(4-12)7-8-10-11-9-7/h5-6H,1-4H2,(H,8,9,10,11). The maximum absolute atomic E-state index is 11.8. The fourth-order valence-corrected chi connectivity index (χ4v) is 3.66. The minimum absolute atomic E-state index is 0.109. The van der Waals surface area contributed by atoms with E-state index in [2.05, 4.69) is 20.6 Å². The molecule has 2 heterocycles. The molecule has 1 aromatic heterocycles. The van der Waals surface area contributed by atoms with Gasteiger partial charge in [-0.15, -0.1) is 10.2 Å². The zero-order valence-electron chi connectivity index (χ0n) is 8.00. The van der Waals surface area contributed by atoms with Crippen LogP contribution in [0.5, 0.6) is 0 Å². The van der Waals surface area contributed by atoms with Crippen molar-refractivity contribution >= 4 is 10.0 Å². The van der Waals surface area contributed by atoms with Crippen molar-refractivity contribution < 1.29 is 8.42 Å². The molecule has 3 rings (SSSR count). The Labute approximate surface area is 86.9 Å². The lowest BCUT2D eigenvalue weighted by Gasteiger charge is -2.36. The number of aromatic amines is 1. The van der Waals surface area contributed by atoms with Gasteiger partial charge in [-0.3, -0.25) is 0 Å². The predicted molar refractivity (Wildman–Crippen MR) is 50.4 cm³/mol. The van der Waals surface area contributed by atoms with E-state index in [1.54, 1.807) is 0 Å². The zero-order valence-corrected chi connectivity index (χ0v) is 8.81. The normalized spacial score (nSPS) is 24.0. The van der Waals surface area contributed by atoms with Crippen molar-refractivity contribution in [3.05, 3.63) is 5.82 Å². The van der Waals surface area contributed by atoms with Crippen LogP contribution in [-0.4, -0.2) is 51.7 Å². The summed E-state index contributed by atoms with van der Waals surface area (Å²) in [5, 5.41) is 13.4. The van der Waals surface area contributed by atoms with Crippen molar-refractivity contribution in [1.29, 1.82) is 0 Å². The van der Waals surface area contributed by atoms with Crippen LogP contribution in [0.3, 0.4) is 0 Å².